The zero-order chi connectivity index (χ0) is 19.1. The van der Waals surface area contributed by atoms with E-state index < -0.39 is 0 Å². The minimum Gasteiger partial charge on any atom is -0.486 e. The molecule has 5 rings (SSSR count). The second-order valence-electron chi connectivity index (χ2n) is 8.49. The van der Waals surface area contributed by atoms with Crippen LogP contribution in [0, 0.1) is 0 Å². The number of benzene rings is 1. The molecule has 1 unspecified atom stereocenters. The van der Waals surface area contributed by atoms with Crippen molar-refractivity contribution in [2.24, 2.45) is 0 Å². The van der Waals surface area contributed by atoms with E-state index in [9.17, 15) is 0 Å². The molecular weight excluding hydrogens is 354 g/mol. The van der Waals surface area contributed by atoms with Crippen LogP contribution in [0.3, 0.4) is 0 Å². The maximum Gasteiger partial charge on any atom is 0.170 e. The highest BCUT2D eigenvalue weighted by molar-refractivity contribution is 5.65. The molecule has 146 valence electrons. The summed E-state index contributed by atoms with van der Waals surface area (Å²) in [6, 6.07) is 11.6. The van der Waals surface area contributed by atoms with Crippen LogP contribution in [0.4, 0.5) is 0 Å². The predicted molar refractivity (Wildman–Crippen MR) is 103 cm³/mol. The standard InChI is InChI=1S/C21H26N5O2/c1-26(2)17-7-8-18(26)12-16(11-17)25-13-15(23-24-25)14-27-20-6-4-3-5-19(20)21-9-10-22-28-21/h3-6,9-10,13,16-18H,7-8,11-12,14H2,1-2H3/q+1/t16?,17-,18+. The molecule has 0 amide bonds. The number of nitrogens with zero attached hydrogens (tertiary/aromatic N) is 5. The van der Waals surface area contributed by atoms with Gasteiger partial charge in [0.25, 0.3) is 0 Å². The Hall–Kier alpha value is -2.67. The Morgan fingerprint density at radius 3 is 2.68 bits per heavy atom. The van der Waals surface area contributed by atoms with Crippen LogP contribution in [0.2, 0.25) is 0 Å². The summed E-state index contributed by atoms with van der Waals surface area (Å²) in [4.78, 5) is 0. The third kappa shape index (κ3) is 2.99. The molecule has 2 fully saturated rings. The molecule has 0 N–H and O–H groups in total. The van der Waals surface area contributed by atoms with E-state index in [1.165, 1.54) is 30.2 Å². The second kappa shape index (κ2) is 6.74. The van der Waals surface area contributed by atoms with Gasteiger partial charge in [-0.3, -0.25) is 0 Å². The van der Waals surface area contributed by atoms with Gasteiger partial charge in [-0.2, -0.15) is 0 Å². The Bertz CT molecular complexity index is 933. The number of aromatic nitrogens is 4. The highest BCUT2D eigenvalue weighted by Gasteiger charge is 2.49. The summed E-state index contributed by atoms with van der Waals surface area (Å²) in [5.74, 6) is 1.45. The molecule has 1 aromatic carbocycles. The summed E-state index contributed by atoms with van der Waals surface area (Å²) in [5.41, 5.74) is 1.73. The Morgan fingerprint density at radius 2 is 1.93 bits per heavy atom. The first-order valence-electron chi connectivity index (χ1n) is 9.98. The lowest BCUT2D eigenvalue weighted by Gasteiger charge is -2.44. The van der Waals surface area contributed by atoms with Gasteiger partial charge in [-0.05, 0) is 12.1 Å². The van der Waals surface area contributed by atoms with Crippen LogP contribution in [0.5, 0.6) is 5.75 Å². The molecule has 2 aliphatic heterocycles. The maximum atomic E-state index is 6.03. The van der Waals surface area contributed by atoms with E-state index in [0.29, 0.717) is 18.4 Å². The normalized spacial score (nSPS) is 25.7. The fraction of sp³-hybridized carbons (Fsp3) is 0.476. The number of piperidine rings is 1. The third-order valence-electron chi connectivity index (χ3n) is 6.70. The summed E-state index contributed by atoms with van der Waals surface area (Å²) in [6.07, 6.45) is 8.71. The topological polar surface area (TPSA) is 66.0 Å². The van der Waals surface area contributed by atoms with Gasteiger partial charge in [0.15, 0.2) is 5.76 Å². The maximum absolute atomic E-state index is 6.03. The van der Waals surface area contributed by atoms with Crippen molar-refractivity contribution in [1.29, 1.82) is 0 Å². The quantitative estimate of drug-likeness (QED) is 0.634. The fourth-order valence-corrected chi connectivity index (χ4v) is 4.93. The van der Waals surface area contributed by atoms with Gasteiger partial charge in [0.1, 0.15) is 18.1 Å². The van der Waals surface area contributed by atoms with Gasteiger partial charge < -0.3 is 13.7 Å². The summed E-state index contributed by atoms with van der Waals surface area (Å²) in [5, 5.41) is 12.6. The number of fused-ring (bicyclic) bond motifs is 2. The minimum absolute atomic E-state index is 0.381. The molecule has 0 aliphatic carbocycles. The van der Waals surface area contributed by atoms with Gasteiger partial charge in [-0.15, -0.1) is 5.10 Å². The van der Waals surface area contributed by atoms with Gasteiger partial charge in [0.2, 0.25) is 0 Å². The SMILES string of the molecule is C[N+]1(C)[C@@H]2CC[C@H]1CC(n1cc(COc3ccccc3-c3ccno3)nn1)C2. The molecule has 2 aromatic heterocycles. The van der Waals surface area contributed by atoms with Crippen LogP contribution >= 0.6 is 0 Å². The minimum atomic E-state index is 0.381. The van der Waals surface area contributed by atoms with Crippen molar-refractivity contribution in [3.63, 3.8) is 0 Å². The van der Waals surface area contributed by atoms with Gasteiger partial charge in [-0.1, -0.05) is 22.5 Å². The number of hydrogen-bond donors (Lipinski definition) is 0. The first-order valence-corrected chi connectivity index (χ1v) is 9.98. The average molecular weight is 380 g/mol. The predicted octanol–water partition coefficient (Wildman–Crippen LogP) is 3.45. The van der Waals surface area contributed by atoms with E-state index in [0.717, 1.165) is 29.1 Å². The largest absolute Gasteiger partial charge is 0.486 e. The van der Waals surface area contributed by atoms with Crippen molar-refractivity contribution in [2.45, 2.75) is 50.4 Å². The smallest absolute Gasteiger partial charge is 0.170 e. The zero-order valence-corrected chi connectivity index (χ0v) is 16.4. The van der Waals surface area contributed by atoms with Crippen molar-refractivity contribution in [3.8, 4) is 17.1 Å². The van der Waals surface area contributed by atoms with Crippen LogP contribution in [0.15, 0.2) is 47.2 Å². The molecule has 2 saturated heterocycles. The van der Waals surface area contributed by atoms with Gasteiger partial charge in [0.05, 0.1) is 50.2 Å². The van der Waals surface area contributed by atoms with E-state index in [1.807, 2.05) is 36.5 Å². The monoisotopic (exact) mass is 380 g/mol. The summed E-state index contributed by atoms with van der Waals surface area (Å²) in [7, 11) is 4.76. The number of quaternary nitrogens is 1. The number of para-hydroxylation sites is 1. The van der Waals surface area contributed by atoms with E-state index in [2.05, 4.69) is 34.2 Å². The van der Waals surface area contributed by atoms with Gasteiger partial charge in [0, 0.05) is 31.7 Å². The molecule has 3 aromatic rings. The average Bonchev–Trinajstić information content (AvgIpc) is 3.40. The Kier molecular flexibility index (Phi) is 4.19. The molecule has 2 bridgehead atoms. The Balaban J connectivity index is 1.27. The van der Waals surface area contributed by atoms with E-state index in [-0.39, 0.29) is 0 Å². The molecule has 7 nitrogen and oxygen atoms in total. The molecule has 7 heteroatoms. The molecule has 3 atom stereocenters. The summed E-state index contributed by atoms with van der Waals surface area (Å²) < 4.78 is 14.5. The first-order chi connectivity index (χ1) is 13.6. The first kappa shape index (κ1) is 17.4. The van der Waals surface area contributed by atoms with Crippen molar-refractivity contribution in [2.75, 3.05) is 14.1 Å². The zero-order valence-electron chi connectivity index (χ0n) is 16.4. The number of rotatable bonds is 5. The Morgan fingerprint density at radius 1 is 1.14 bits per heavy atom. The van der Waals surface area contributed by atoms with Crippen molar-refractivity contribution < 1.29 is 13.7 Å². The molecule has 28 heavy (non-hydrogen) atoms. The lowest BCUT2D eigenvalue weighted by atomic mass is 9.96. The second-order valence-corrected chi connectivity index (χ2v) is 8.49. The van der Waals surface area contributed by atoms with Crippen LogP contribution in [0.1, 0.15) is 37.4 Å². The molecule has 2 aliphatic rings. The van der Waals surface area contributed by atoms with Crippen LogP contribution in [-0.4, -0.2) is 50.8 Å². The van der Waals surface area contributed by atoms with E-state index in [1.54, 1.807) is 6.20 Å². The van der Waals surface area contributed by atoms with Crippen molar-refractivity contribution in [3.05, 3.63) is 48.4 Å². The van der Waals surface area contributed by atoms with Crippen LogP contribution < -0.4 is 4.74 Å². The number of ether oxygens (including phenoxy) is 1. The molecule has 0 saturated carbocycles. The molecule has 4 heterocycles. The Labute approximate surface area is 164 Å². The van der Waals surface area contributed by atoms with E-state index in [4.69, 9.17) is 9.26 Å². The summed E-state index contributed by atoms with van der Waals surface area (Å²) >= 11 is 0. The van der Waals surface area contributed by atoms with Crippen LogP contribution in [-0.2, 0) is 6.61 Å². The highest BCUT2D eigenvalue weighted by atomic mass is 16.5. The van der Waals surface area contributed by atoms with Crippen LogP contribution in [0.25, 0.3) is 11.3 Å². The lowest BCUT2D eigenvalue weighted by Crippen LogP contribution is -2.54. The third-order valence-corrected chi connectivity index (χ3v) is 6.70. The molecule has 0 radical (unpaired) electrons. The molecular formula is C21H26N5O2+. The highest BCUT2D eigenvalue weighted by Crippen LogP contribution is 2.43. The summed E-state index contributed by atoms with van der Waals surface area (Å²) in [6.45, 7) is 0.381. The van der Waals surface area contributed by atoms with Gasteiger partial charge >= 0.3 is 0 Å². The van der Waals surface area contributed by atoms with Crippen molar-refractivity contribution >= 4 is 0 Å². The lowest BCUT2D eigenvalue weighted by molar-refractivity contribution is -0.931. The number of hydrogen-bond acceptors (Lipinski definition) is 5. The van der Waals surface area contributed by atoms with Crippen molar-refractivity contribution in [1.82, 2.24) is 20.2 Å². The van der Waals surface area contributed by atoms with E-state index >= 15 is 0 Å². The molecule has 0 spiro atoms. The van der Waals surface area contributed by atoms with Gasteiger partial charge in [-0.25, -0.2) is 4.68 Å². The fourth-order valence-electron chi connectivity index (χ4n) is 4.93.